The average Bonchev–Trinajstić information content (AvgIpc) is 2.52. The number of nitro benzene ring substituents is 1. The summed E-state index contributed by atoms with van der Waals surface area (Å²) < 4.78 is 13.6. The molecule has 2 rings (SSSR count). The fourth-order valence-electron chi connectivity index (χ4n) is 2.30. The Morgan fingerprint density at radius 3 is 2.61 bits per heavy atom. The van der Waals surface area contributed by atoms with Crippen molar-refractivity contribution in [3.8, 4) is 0 Å². The molecule has 0 fully saturated rings. The van der Waals surface area contributed by atoms with Crippen LogP contribution < -0.4 is 5.32 Å². The average molecular weight is 317 g/mol. The van der Waals surface area contributed by atoms with Crippen LogP contribution in [0.2, 0.25) is 0 Å². The van der Waals surface area contributed by atoms with E-state index in [1.54, 1.807) is 0 Å². The van der Waals surface area contributed by atoms with Crippen molar-refractivity contribution in [2.45, 2.75) is 20.0 Å². The fraction of sp³-hybridized carbons (Fsp3) is 0.294. The van der Waals surface area contributed by atoms with E-state index in [1.165, 1.54) is 17.7 Å². The van der Waals surface area contributed by atoms with Crippen molar-refractivity contribution in [2.24, 2.45) is 0 Å². The standard InChI is InChI=1S/C17H20FN3O2/c1-3-20(2)12-14-7-4-6-13(10-14)11-19-16-9-5-8-15(18)17(16)21(22)23/h4-10,19H,3,11-12H2,1-2H3. The number of nitrogens with one attached hydrogen (secondary N) is 1. The lowest BCUT2D eigenvalue weighted by molar-refractivity contribution is -0.386. The second kappa shape index (κ2) is 7.69. The zero-order chi connectivity index (χ0) is 16.8. The summed E-state index contributed by atoms with van der Waals surface area (Å²) in [6.07, 6.45) is 0. The summed E-state index contributed by atoms with van der Waals surface area (Å²) in [5, 5.41) is 13.9. The molecule has 1 N–H and O–H groups in total. The van der Waals surface area contributed by atoms with Crippen molar-refractivity contribution in [2.75, 3.05) is 18.9 Å². The summed E-state index contributed by atoms with van der Waals surface area (Å²) in [6.45, 7) is 4.28. The number of hydrogen-bond acceptors (Lipinski definition) is 4. The van der Waals surface area contributed by atoms with Crippen LogP contribution >= 0.6 is 0 Å². The Labute approximate surface area is 134 Å². The summed E-state index contributed by atoms with van der Waals surface area (Å²) in [5.41, 5.74) is 1.83. The summed E-state index contributed by atoms with van der Waals surface area (Å²) in [5.74, 6) is -0.835. The van der Waals surface area contributed by atoms with Crippen molar-refractivity contribution < 1.29 is 9.31 Å². The van der Waals surface area contributed by atoms with E-state index in [0.717, 1.165) is 24.7 Å². The molecule has 2 aromatic rings. The van der Waals surface area contributed by atoms with Crippen LogP contribution in [0.3, 0.4) is 0 Å². The molecule has 0 saturated heterocycles. The molecular formula is C17H20FN3O2. The molecule has 5 nitrogen and oxygen atoms in total. The van der Waals surface area contributed by atoms with E-state index in [4.69, 9.17) is 0 Å². The Bertz CT molecular complexity index is 691. The van der Waals surface area contributed by atoms with Gasteiger partial charge < -0.3 is 10.2 Å². The molecule has 0 radical (unpaired) electrons. The molecule has 0 aliphatic rings. The van der Waals surface area contributed by atoms with Gasteiger partial charge in [0.25, 0.3) is 0 Å². The van der Waals surface area contributed by atoms with Gasteiger partial charge in [0.05, 0.1) is 4.92 Å². The molecule has 0 saturated carbocycles. The van der Waals surface area contributed by atoms with Gasteiger partial charge in [-0.2, -0.15) is 4.39 Å². The minimum atomic E-state index is -0.835. The van der Waals surface area contributed by atoms with Gasteiger partial charge in [-0.3, -0.25) is 10.1 Å². The van der Waals surface area contributed by atoms with Gasteiger partial charge in [0.1, 0.15) is 5.69 Å². The van der Waals surface area contributed by atoms with Gasteiger partial charge in [0, 0.05) is 13.1 Å². The first-order valence-electron chi connectivity index (χ1n) is 7.44. The van der Waals surface area contributed by atoms with Crippen LogP contribution in [0.5, 0.6) is 0 Å². The maximum absolute atomic E-state index is 13.6. The number of anilines is 1. The van der Waals surface area contributed by atoms with Crippen molar-refractivity contribution in [3.05, 3.63) is 69.5 Å². The lowest BCUT2D eigenvalue weighted by Crippen LogP contribution is -2.16. The van der Waals surface area contributed by atoms with Gasteiger partial charge in [-0.25, -0.2) is 0 Å². The molecule has 0 heterocycles. The lowest BCUT2D eigenvalue weighted by Gasteiger charge is -2.14. The molecule has 0 atom stereocenters. The SMILES string of the molecule is CCN(C)Cc1cccc(CNc2cccc(F)c2[N+](=O)[O-])c1. The topological polar surface area (TPSA) is 58.4 Å². The smallest absolute Gasteiger partial charge is 0.327 e. The Morgan fingerprint density at radius 2 is 1.91 bits per heavy atom. The number of nitrogens with zero attached hydrogens (tertiary/aromatic N) is 2. The number of benzene rings is 2. The van der Waals surface area contributed by atoms with Crippen LogP contribution in [0.25, 0.3) is 0 Å². The van der Waals surface area contributed by atoms with Crippen LogP contribution in [0.15, 0.2) is 42.5 Å². The zero-order valence-electron chi connectivity index (χ0n) is 13.3. The van der Waals surface area contributed by atoms with Crippen LogP contribution in [-0.2, 0) is 13.1 Å². The van der Waals surface area contributed by atoms with Gasteiger partial charge in [-0.1, -0.05) is 37.3 Å². The van der Waals surface area contributed by atoms with Crippen LogP contribution in [-0.4, -0.2) is 23.4 Å². The van der Waals surface area contributed by atoms with Gasteiger partial charge in [0.15, 0.2) is 0 Å². The highest BCUT2D eigenvalue weighted by Crippen LogP contribution is 2.27. The second-order valence-corrected chi connectivity index (χ2v) is 5.40. The Kier molecular flexibility index (Phi) is 5.65. The minimum absolute atomic E-state index is 0.186. The molecule has 6 heteroatoms. The summed E-state index contributed by atoms with van der Waals surface area (Å²) in [6, 6.07) is 12.0. The summed E-state index contributed by atoms with van der Waals surface area (Å²) in [7, 11) is 2.04. The van der Waals surface area contributed by atoms with Crippen molar-refractivity contribution in [3.63, 3.8) is 0 Å². The molecule has 0 bridgehead atoms. The molecule has 0 aliphatic heterocycles. The largest absolute Gasteiger partial charge is 0.375 e. The monoisotopic (exact) mass is 317 g/mol. The maximum atomic E-state index is 13.6. The third kappa shape index (κ3) is 4.50. The number of hydrogen-bond donors (Lipinski definition) is 1. The zero-order valence-corrected chi connectivity index (χ0v) is 13.3. The molecule has 122 valence electrons. The van der Waals surface area contributed by atoms with E-state index < -0.39 is 16.4 Å². The quantitative estimate of drug-likeness (QED) is 0.623. The Balaban J connectivity index is 2.11. The molecule has 2 aromatic carbocycles. The van der Waals surface area contributed by atoms with E-state index in [2.05, 4.69) is 17.1 Å². The van der Waals surface area contributed by atoms with Crippen molar-refractivity contribution in [1.82, 2.24) is 4.90 Å². The Morgan fingerprint density at radius 1 is 1.22 bits per heavy atom. The van der Waals surface area contributed by atoms with Gasteiger partial charge in [-0.05, 0) is 36.9 Å². The summed E-state index contributed by atoms with van der Waals surface area (Å²) >= 11 is 0. The van der Waals surface area contributed by atoms with Crippen molar-refractivity contribution >= 4 is 11.4 Å². The van der Waals surface area contributed by atoms with Gasteiger partial charge in [-0.15, -0.1) is 0 Å². The molecular weight excluding hydrogens is 297 g/mol. The highest BCUT2D eigenvalue weighted by Gasteiger charge is 2.19. The fourth-order valence-corrected chi connectivity index (χ4v) is 2.30. The highest BCUT2D eigenvalue weighted by molar-refractivity contribution is 5.62. The van der Waals surface area contributed by atoms with Crippen molar-refractivity contribution in [1.29, 1.82) is 0 Å². The lowest BCUT2D eigenvalue weighted by atomic mass is 10.1. The molecule has 23 heavy (non-hydrogen) atoms. The molecule has 0 aromatic heterocycles. The molecule has 0 amide bonds. The van der Waals surface area contributed by atoms with Gasteiger partial charge in [0.2, 0.25) is 5.82 Å². The first kappa shape index (κ1) is 16.9. The Hall–Kier alpha value is -2.47. The van der Waals surface area contributed by atoms with Crippen LogP contribution in [0, 0.1) is 15.9 Å². The third-order valence-electron chi connectivity index (χ3n) is 3.64. The van der Waals surface area contributed by atoms with Gasteiger partial charge >= 0.3 is 5.69 Å². The first-order valence-corrected chi connectivity index (χ1v) is 7.44. The number of nitro groups is 1. The van der Waals surface area contributed by atoms with E-state index in [0.29, 0.717) is 6.54 Å². The van der Waals surface area contributed by atoms with E-state index in [9.17, 15) is 14.5 Å². The predicted molar refractivity (Wildman–Crippen MR) is 88.8 cm³/mol. The third-order valence-corrected chi connectivity index (χ3v) is 3.64. The number of halogens is 1. The molecule has 0 spiro atoms. The predicted octanol–water partition coefficient (Wildman–Crippen LogP) is 3.80. The molecule has 0 aliphatic carbocycles. The maximum Gasteiger partial charge on any atom is 0.327 e. The number of rotatable bonds is 7. The van der Waals surface area contributed by atoms with E-state index in [-0.39, 0.29) is 5.69 Å². The highest BCUT2D eigenvalue weighted by atomic mass is 19.1. The summed E-state index contributed by atoms with van der Waals surface area (Å²) in [4.78, 5) is 12.5. The second-order valence-electron chi connectivity index (χ2n) is 5.40. The minimum Gasteiger partial charge on any atom is -0.375 e. The molecule has 0 unspecified atom stereocenters. The van der Waals surface area contributed by atoms with Crippen LogP contribution in [0.4, 0.5) is 15.8 Å². The van der Waals surface area contributed by atoms with E-state index in [1.807, 2.05) is 31.3 Å². The van der Waals surface area contributed by atoms with Crippen LogP contribution in [0.1, 0.15) is 18.1 Å². The first-order chi connectivity index (χ1) is 11.0. The number of para-hydroxylation sites is 1. The normalized spacial score (nSPS) is 10.8. The van der Waals surface area contributed by atoms with E-state index >= 15 is 0 Å².